The molecule has 2 aromatic heterocycles. The van der Waals surface area contributed by atoms with E-state index in [0.29, 0.717) is 23.6 Å². The zero-order valence-corrected chi connectivity index (χ0v) is 16.5. The van der Waals surface area contributed by atoms with E-state index in [2.05, 4.69) is 29.1 Å². The van der Waals surface area contributed by atoms with Gasteiger partial charge in [-0.05, 0) is 43.1 Å². The van der Waals surface area contributed by atoms with Crippen molar-refractivity contribution in [3.8, 4) is 0 Å². The highest BCUT2D eigenvalue weighted by Gasteiger charge is 2.28. The van der Waals surface area contributed by atoms with E-state index < -0.39 is 0 Å². The Balaban J connectivity index is 1.43. The molecule has 4 nitrogen and oxygen atoms in total. The van der Waals surface area contributed by atoms with E-state index in [1.165, 1.54) is 41.5 Å². The number of aryl methyl sites for hydroxylation is 2. The van der Waals surface area contributed by atoms with Gasteiger partial charge in [-0.25, -0.2) is 9.97 Å². The van der Waals surface area contributed by atoms with Crippen molar-refractivity contribution in [1.82, 2.24) is 15.3 Å². The number of nitrogens with one attached hydrogen (secondary N) is 1. The third-order valence-corrected chi connectivity index (χ3v) is 8.05. The number of hydrogen-bond donors (Lipinski definition) is 1. The highest BCUT2D eigenvalue weighted by atomic mass is 32.2. The molecule has 1 fully saturated rings. The summed E-state index contributed by atoms with van der Waals surface area (Å²) >= 11 is 3.36. The number of hydrogen-bond acceptors (Lipinski definition) is 5. The maximum atomic E-state index is 12.5. The molecule has 0 aliphatic heterocycles. The zero-order valence-electron chi connectivity index (χ0n) is 14.9. The predicted octanol–water partition coefficient (Wildman–Crippen LogP) is 4.21. The molecular formula is C19H25N3OS2. The summed E-state index contributed by atoms with van der Waals surface area (Å²) in [6, 6.07) is 0.327. The van der Waals surface area contributed by atoms with Gasteiger partial charge in [0.15, 0.2) is 0 Å². The Morgan fingerprint density at radius 1 is 1.28 bits per heavy atom. The van der Waals surface area contributed by atoms with Crippen molar-refractivity contribution >= 4 is 39.2 Å². The van der Waals surface area contributed by atoms with Crippen LogP contribution in [0.2, 0.25) is 0 Å². The summed E-state index contributed by atoms with van der Waals surface area (Å²) in [6.45, 7) is 4.57. The molecule has 3 atom stereocenters. The van der Waals surface area contributed by atoms with Gasteiger partial charge in [0.05, 0.1) is 5.75 Å². The van der Waals surface area contributed by atoms with Crippen LogP contribution in [0.4, 0.5) is 0 Å². The molecule has 134 valence electrons. The third-order valence-electron chi connectivity index (χ3n) is 5.86. The molecule has 1 amide bonds. The smallest absolute Gasteiger partial charge is 0.230 e. The number of carbonyl (C=O) groups excluding carboxylic acids is 1. The van der Waals surface area contributed by atoms with E-state index in [0.717, 1.165) is 22.7 Å². The number of thiophene rings is 1. The quantitative estimate of drug-likeness (QED) is 0.642. The molecule has 0 bridgehead atoms. The first-order valence-corrected chi connectivity index (χ1v) is 11.1. The topological polar surface area (TPSA) is 54.9 Å². The first kappa shape index (κ1) is 17.3. The van der Waals surface area contributed by atoms with Gasteiger partial charge in [-0.3, -0.25) is 4.79 Å². The largest absolute Gasteiger partial charge is 0.352 e. The lowest BCUT2D eigenvalue weighted by Crippen LogP contribution is -2.44. The Kier molecular flexibility index (Phi) is 5.00. The molecule has 4 rings (SSSR count). The Labute approximate surface area is 157 Å². The van der Waals surface area contributed by atoms with Crippen molar-refractivity contribution in [3.63, 3.8) is 0 Å². The van der Waals surface area contributed by atoms with Crippen LogP contribution >= 0.6 is 23.1 Å². The number of aromatic nitrogens is 2. The molecule has 0 aromatic carbocycles. The minimum Gasteiger partial charge on any atom is -0.352 e. The Morgan fingerprint density at radius 3 is 3.04 bits per heavy atom. The SMILES string of the molecule is C[C@@H]1[C@@H](NC(=O)CSc2ncnc3sc4c(c23)CCC4)CCC[C@@H]1C. The van der Waals surface area contributed by atoms with Crippen LogP contribution in [-0.2, 0) is 17.6 Å². The average Bonchev–Trinajstić information content (AvgIpc) is 3.18. The van der Waals surface area contributed by atoms with Crippen LogP contribution in [0.3, 0.4) is 0 Å². The van der Waals surface area contributed by atoms with Crippen molar-refractivity contribution < 1.29 is 4.79 Å². The van der Waals surface area contributed by atoms with E-state index in [4.69, 9.17) is 0 Å². The van der Waals surface area contributed by atoms with Crippen LogP contribution in [0.15, 0.2) is 11.4 Å². The molecule has 2 aliphatic rings. The number of carbonyl (C=O) groups is 1. The van der Waals surface area contributed by atoms with E-state index in [-0.39, 0.29) is 5.91 Å². The lowest BCUT2D eigenvalue weighted by molar-refractivity contribution is -0.119. The highest BCUT2D eigenvalue weighted by molar-refractivity contribution is 8.00. The minimum absolute atomic E-state index is 0.134. The fourth-order valence-corrected chi connectivity index (χ4v) is 6.31. The van der Waals surface area contributed by atoms with E-state index >= 15 is 0 Å². The van der Waals surface area contributed by atoms with Gasteiger partial charge >= 0.3 is 0 Å². The molecule has 0 radical (unpaired) electrons. The number of thioether (sulfide) groups is 1. The lowest BCUT2D eigenvalue weighted by Gasteiger charge is -2.34. The summed E-state index contributed by atoms with van der Waals surface area (Å²) in [6.07, 6.45) is 8.77. The van der Waals surface area contributed by atoms with Crippen LogP contribution in [0.25, 0.3) is 10.2 Å². The second-order valence-electron chi connectivity index (χ2n) is 7.45. The summed E-state index contributed by atoms with van der Waals surface area (Å²) in [4.78, 5) is 23.9. The van der Waals surface area contributed by atoms with Gasteiger partial charge in [-0.2, -0.15) is 0 Å². The van der Waals surface area contributed by atoms with Crippen LogP contribution in [-0.4, -0.2) is 27.7 Å². The van der Waals surface area contributed by atoms with Gasteiger partial charge in [-0.1, -0.05) is 38.5 Å². The van der Waals surface area contributed by atoms with Gasteiger partial charge in [0.25, 0.3) is 0 Å². The molecular weight excluding hydrogens is 350 g/mol. The summed E-state index contributed by atoms with van der Waals surface area (Å²) in [5.74, 6) is 1.83. The Morgan fingerprint density at radius 2 is 2.16 bits per heavy atom. The third kappa shape index (κ3) is 3.43. The number of fused-ring (bicyclic) bond motifs is 3. The maximum Gasteiger partial charge on any atom is 0.230 e. The molecule has 0 saturated heterocycles. The van der Waals surface area contributed by atoms with E-state index in [1.54, 1.807) is 29.4 Å². The normalized spacial score (nSPS) is 25.9. The maximum absolute atomic E-state index is 12.5. The molecule has 2 heterocycles. The lowest BCUT2D eigenvalue weighted by atomic mass is 9.78. The first-order chi connectivity index (χ1) is 12.1. The molecule has 1 saturated carbocycles. The highest BCUT2D eigenvalue weighted by Crippen LogP contribution is 2.40. The first-order valence-electron chi connectivity index (χ1n) is 9.31. The van der Waals surface area contributed by atoms with Crippen LogP contribution in [0, 0.1) is 11.8 Å². The van der Waals surface area contributed by atoms with E-state index in [1.807, 2.05) is 0 Å². The second-order valence-corrected chi connectivity index (χ2v) is 9.49. The number of rotatable bonds is 4. The molecule has 0 spiro atoms. The molecule has 2 aromatic rings. The number of nitrogens with zero attached hydrogens (tertiary/aromatic N) is 2. The van der Waals surface area contributed by atoms with Crippen LogP contribution in [0.5, 0.6) is 0 Å². The minimum atomic E-state index is 0.134. The summed E-state index contributed by atoms with van der Waals surface area (Å²) in [5, 5.41) is 5.45. The average molecular weight is 376 g/mol. The van der Waals surface area contributed by atoms with Gasteiger partial charge < -0.3 is 5.32 Å². The second kappa shape index (κ2) is 7.23. The van der Waals surface area contributed by atoms with Gasteiger partial charge in [0.1, 0.15) is 16.2 Å². The van der Waals surface area contributed by atoms with E-state index in [9.17, 15) is 4.79 Å². The standard InChI is InChI=1S/C19H25N3OS2/c1-11-5-3-7-14(12(11)2)22-16(23)9-24-18-17-13-6-4-8-15(13)25-19(17)21-10-20-18/h10-12,14H,3-9H2,1-2H3,(H,22,23)/t11-,12-,14-/m0/s1. The molecule has 2 aliphatic carbocycles. The van der Waals surface area contributed by atoms with Gasteiger partial charge in [0.2, 0.25) is 5.91 Å². The fourth-order valence-electron chi connectivity index (χ4n) is 4.18. The Hall–Kier alpha value is -1.14. The van der Waals surface area contributed by atoms with Crippen molar-refractivity contribution in [1.29, 1.82) is 0 Å². The summed E-state index contributed by atoms with van der Waals surface area (Å²) in [5.41, 5.74) is 1.43. The van der Waals surface area contributed by atoms with Gasteiger partial charge in [-0.15, -0.1) is 11.3 Å². The molecule has 1 N–H and O–H groups in total. The van der Waals surface area contributed by atoms with Gasteiger partial charge in [0, 0.05) is 16.3 Å². The molecule has 6 heteroatoms. The Bertz CT molecular complexity index is 788. The van der Waals surface area contributed by atoms with Crippen molar-refractivity contribution in [2.24, 2.45) is 11.8 Å². The van der Waals surface area contributed by atoms with Crippen molar-refractivity contribution in [3.05, 3.63) is 16.8 Å². The monoisotopic (exact) mass is 375 g/mol. The van der Waals surface area contributed by atoms with Crippen molar-refractivity contribution in [2.45, 2.75) is 63.4 Å². The summed E-state index contributed by atoms with van der Waals surface area (Å²) in [7, 11) is 0. The molecule has 0 unspecified atom stereocenters. The number of amides is 1. The summed E-state index contributed by atoms with van der Waals surface area (Å²) < 4.78 is 0. The van der Waals surface area contributed by atoms with Crippen molar-refractivity contribution in [2.75, 3.05) is 5.75 Å². The van der Waals surface area contributed by atoms with Crippen LogP contribution in [0.1, 0.15) is 50.0 Å². The van der Waals surface area contributed by atoms with Crippen LogP contribution < -0.4 is 5.32 Å². The zero-order chi connectivity index (χ0) is 17.4. The fraction of sp³-hybridized carbons (Fsp3) is 0.632. The molecule has 25 heavy (non-hydrogen) atoms. The predicted molar refractivity (Wildman–Crippen MR) is 104 cm³/mol.